The van der Waals surface area contributed by atoms with Gasteiger partial charge in [0.05, 0.1) is 5.69 Å². The van der Waals surface area contributed by atoms with E-state index in [-0.39, 0.29) is 0 Å². The number of carboxylic acid groups (broad SMARTS) is 1. The van der Waals surface area contributed by atoms with Crippen molar-refractivity contribution in [3.05, 3.63) is 24.2 Å². The number of carboxylic acids is 1. The van der Waals surface area contributed by atoms with Crippen LogP contribution >= 0.6 is 0 Å². The fraction of sp³-hybridized carbons (Fsp3) is 0.533. The fourth-order valence-corrected chi connectivity index (χ4v) is 2.34. The van der Waals surface area contributed by atoms with Crippen molar-refractivity contribution in [3.63, 3.8) is 0 Å². The van der Waals surface area contributed by atoms with Gasteiger partial charge in [0, 0.05) is 18.9 Å². The van der Waals surface area contributed by atoms with Crippen molar-refractivity contribution in [2.45, 2.75) is 46.1 Å². The van der Waals surface area contributed by atoms with Crippen LogP contribution in [0.5, 0.6) is 0 Å². The molecule has 0 atom stereocenters. The molecule has 0 saturated carbocycles. The molecule has 1 N–H and O–H groups in total. The highest BCUT2D eigenvalue weighted by Gasteiger charge is 2.35. The maximum absolute atomic E-state index is 11.6. The second kappa shape index (κ2) is 5.35. The van der Waals surface area contributed by atoms with Gasteiger partial charge in [-0.05, 0) is 32.8 Å². The molecule has 0 aliphatic heterocycles. The summed E-state index contributed by atoms with van der Waals surface area (Å²) < 4.78 is 1.76. The Hall–Kier alpha value is -2.11. The number of anilines is 1. The second-order valence-corrected chi connectivity index (χ2v) is 5.91. The molecule has 0 bridgehead atoms. The third-order valence-electron chi connectivity index (χ3n) is 3.75. The molecular weight excluding hydrogens is 268 g/mol. The lowest BCUT2D eigenvalue weighted by atomic mass is 10.0. The molecule has 6 heteroatoms. The Kier molecular flexibility index (Phi) is 3.89. The van der Waals surface area contributed by atoms with Crippen molar-refractivity contribution in [1.29, 1.82) is 0 Å². The smallest absolute Gasteiger partial charge is 0.329 e. The van der Waals surface area contributed by atoms with E-state index in [4.69, 9.17) is 0 Å². The second-order valence-electron chi connectivity index (χ2n) is 5.91. The largest absolute Gasteiger partial charge is 0.480 e. The summed E-state index contributed by atoms with van der Waals surface area (Å²) in [6.07, 6.45) is 3.44. The topological polar surface area (TPSA) is 70.7 Å². The van der Waals surface area contributed by atoms with Crippen molar-refractivity contribution in [1.82, 2.24) is 14.6 Å². The summed E-state index contributed by atoms with van der Waals surface area (Å²) in [5, 5.41) is 14.0. The van der Waals surface area contributed by atoms with Crippen molar-refractivity contribution in [2.75, 3.05) is 11.4 Å². The zero-order valence-corrected chi connectivity index (χ0v) is 13.2. The van der Waals surface area contributed by atoms with Crippen LogP contribution < -0.4 is 4.90 Å². The molecule has 2 rings (SSSR count). The quantitative estimate of drug-likeness (QED) is 0.916. The Bertz CT molecular complexity index is 661. The Morgan fingerprint density at radius 1 is 1.48 bits per heavy atom. The van der Waals surface area contributed by atoms with Crippen molar-refractivity contribution in [3.8, 4) is 0 Å². The van der Waals surface area contributed by atoms with Crippen LogP contribution in [0.4, 0.5) is 5.82 Å². The van der Waals surface area contributed by atoms with Crippen molar-refractivity contribution < 1.29 is 9.90 Å². The SMILES string of the molecule is CCN(c1nccn2nc(C(C)C)cc12)C(C)(C)C(=O)O. The Labute approximate surface area is 124 Å². The van der Waals surface area contributed by atoms with Gasteiger partial charge in [-0.2, -0.15) is 5.10 Å². The van der Waals surface area contributed by atoms with Crippen LogP contribution in [-0.4, -0.2) is 37.8 Å². The van der Waals surface area contributed by atoms with Crippen LogP contribution in [0.1, 0.15) is 46.2 Å². The average Bonchev–Trinajstić information content (AvgIpc) is 2.84. The van der Waals surface area contributed by atoms with Gasteiger partial charge in [-0.3, -0.25) is 0 Å². The number of hydrogen-bond acceptors (Lipinski definition) is 4. The Morgan fingerprint density at radius 2 is 2.14 bits per heavy atom. The molecule has 0 aromatic carbocycles. The summed E-state index contributed by atoms with van der Waals surface area (Å²) in [6.45, 7) is 10.00. The molecule has 0 radical (unpaired) electrons. The average molecular weight is 290 g/mol. The molecule has 2 heterocycles. The molecular formula is C15H22N4O2. The number of hydrogen-bond donors (Lipinski definition) is 1. The Balaban J connectivity index is 2.61. The van der Waals surface area contributed by atoms with E-state index in [1.165, 1.54) is 0 Å². The van der Waals surface area contributed by atoms with Gasteiger partial charge in [0.15, 0.2) is 5.82 Å². The summed E-state index contributed by atoms with van der Waals surface area (Å²) in [7, 11) is 0. The van der Waals surface area contributed by atoms with Crippen LogP contribution in [-0.2, 0) is 4.79 Å². The fourth-order valence-electron chi connectivity index (χ4n) is 2.34. The van der Waals surface area contributed by atoms with Crippen LogP contribution in [0.3, 0.4) is 0 Å². The van der Waals surface area contributed by atoms with Gasteiger partial charge in [0.2, 0.25) is 0 Å². The van der Waals surface area contributed by atoms with Crippen LogP contribution in [0.2, 0.25) is 0 Å². The number of carbonyl (C=O) groups is 1. The number of nitrogens with zero attached hydrogens (tertiary/aromatic N) is 4. The minimum absolute atomic E-state index is 0.306. The molecule has 0 amide bonds. The summed E-state index contributed by atoms with van der Waals surface area (Å²) in [5.41, 5.74) is 0.761. The molecule has 114 valence electrons. The lowest BCUT2D eigenvalue weighted by Crippen LogP contribution is -2.50. The summed E-state index contributed by atoms with van der Waals surface area (Å²) in [4.78, 5) is 17.7. The van der Waals surface area contributed by atoms with E-state index in [1.54, 1.807) is 35.7 Å². The van der Waals surface area contributed by atoms with E-state index >= 15 is 0 Å². The molecule has 0 fully saturated rings. The van der Waals surface area contributed by atoms with E-state index in [0.717, 1.165) is 11.2 Å². The zero-order valence-electron chi connectivity index (χ0n) is 13.2. The zero-order chi connectivity index (χ0) is 15.8. The molecule has 2 aromatic heterocycles. The summed E-state index contributed by atoms with van der Waals surface area (Å²) >= 11 is 0. The van der Waals surface area contributed by atoms with E-state index < -0.39 is 11.5 Å². The van der Waals surface area contributed by atoms with Gasteiger partial charge >= 0.3 is 5.97 Å². The molecule has 0 saturated heterocycles. The third kappa shape index (κ3) is 2.57. The van der Waals surface area contributed by atoms with Gasteiger partial charge in [0.25, 0.3) is 0 Å². The van der Waals surface area contributed by atoms with Crippen LogP contribution in [0, 0.1) is 0 Å². The predicted molar refractivity (Wildman–Crippen MR) is 81.8 cm³/mol. The molecule has 0 spiro atoms. The van der Waals surface area contributed by atoms with Gasteiger partial charge in [-0.1, -0.05) is 13.8 Å². The minimum atomic E-state index is -1.04. The molecule has 21 heavy (non-hydrogen) atoms. The number of rotatable bonds is 5. The number of aliphatic carboxylic acids is 1. The van der Waals surface area contributed by atoms with E-state index in [0.29, 0.717) is 18.3 Å². The van der Waals surface area contributed by atoms with E-state index in [1.807, 2.05) is 13.0 Å². The highest BCUT2D eigenvalue weighted by molar-refractivity contribution is 5.84. The van der Waals surface area contributed by atoms with Gasteiger partial charge in [-0.15, -0.1) is 0 Å². The monoisotopic (exact) mass is 290 g/mol. The van der Waals surface area contributed by atoms with Crippen molar-refractivity contribution in [2.24, 2.45) is 0 Å². The van der Waals surface area contributed by atoms with E-state index in [9.17, 15) is 9.90 Å². The van der Waals surface area contributed by atoms with Gasteiger partial charge in [0.1, 0.15) is 11.1 Å². The standard InChI is InChI=1S/C15H22N4O2/c1-6-18(15(4,5)14(20)21)13-12-9-11(10(2)3)17-19(12)8-7-16-13/h7-10H,6H2,1-5H3,(H,20,21). The van der Waals surface area contributed by atoms with Crippen LogP contribution in [0.25, 0.3) is 5.52 Å². The molecule has 0 unspecified atom stereocenters. The predicted octanol–water partition coefficient (Wildman–Crippen LogP) is 2.54. The first-order valence-electron chi connectivity index (χ1n) is 7.14. The minimum Gasteiger partial charge on any atom is -0.480 e. The van der Waals surface area contributed by atoms with Gasteiger partial charge < -0.3 is 10.0 Å². The molecule has 2 aromatic rings. The molecule has 0 aliphatic carbocycles. The maximum Gasteiger partial charge on any atom is 0.329 e. The van der Waals surface area contributed by atoms with Crippen LogP contribution in [0.15, 0.2) is 18.5 Å². The van der Waals surface area contributed by atoms with Gasteiger partial charge in [-0.25, -0.2) is 14.3 Å². The summed E-state index contributed by atoms with van der Waals surface area (Å²) in [6, 6.07) is 1.98. The van der Waals surface area contributed by atoms with E-state index in [2.05, 4.69) is 23.9 Å². The third-order valence-corrected chi connectivity index (χ3v) is 3.75. The Morgan fingerprint density at radius 3 is 2.67 bits per heavy atom. The normalized spacial score (nSPS) is 12.1. The highest BCUT2D eigenvalue weighted by atomic mass is 16.4. The first-order chi connectivity index (χ1) is 9.78. The summed E-state index contributed by atoms with van der Waals surface area (Å²) in [5.74, 6) is 0.0730. The highest BCUT2D eigenvalue weighted by Crippen LogP contribution is 2.28. The first kappa shape index (κ1) is 15.3. The maximum atomic E-state index is 11.6. The number of fused-ring (bicyclic) bond motifs is 1. The molecule has 6 nitrogen and oxygen atoms in total. The number of aromatic nitrogens is 3. The van der Waals surface area contributed by atoms with Crippen molar-refractivity contribution >= 4 is 17.3 Å². The molecule has 0 aliphatic rings. The number of likely N-dealkylation sites (N-methyl/N-ethyl adjacent to an activating group) is 1. The lowest BCUT2D eigenvalue weighted by molar-refractivity contribution is -0.142. The first-order valence-corrected chi connectivity index (χ1v) is 7.14. The lowest BCUT2D eigenvalue weighted by Gasteiger charge is -2.35.